The lowest BCUT2D eigenvalue weighted by molar-refractivity contribution is -0.133. The average molecular weight is 389 g/mol. The maximum Gasteiger partial charge on any atom is 0.268 e. The second kappa shape index (κ2) is 9.81. The molecule has 2 rings (SSSR count). The normalized spacial score (nSPS) is 12.8. The minimum absolute atomic E-state index is 0.213. The molecule has 0 saturated heterocycles. The molecule has 0 unspecified atom stereocenters. The summed E-state index contributed by atoms with van der Waals surface area (Å²) in [4.78, 5) is 23.8. The zero-order valence-corrected chi connectivity index (χ0v) is 15.5. The van der Waals surface area contributed by atoms with Crippen LogP contribution in [0.25, 0.3) is 11.1 Å². The molecule has 0 aliphatic carbocycles. The van der Waals surface area contributed by atoms with Crippen molar-refractivity contribution in [2.75, 3.05) is 7.11 Å². The summed E-state index contributed by atoms with van der Waals surface area (Å²) in [7, 11) is 1.54. The maximum atomic E-state index is 12.3. The molecule has 6 N–H and O–H groups in total. The predicted octanol–water partition coefficient (Wildman–Crippen LogP) is 0.826. The molecule has 2 atom stereocenters. The fourth-order valence-corrected chi connectivity index (χ4v) is 2.69. The van der Waals surface area contributed by atoms with Gasteiger partial charge in [-0.25, -0.2) is 11.0 Å². The van der Waals surface area contributed by atoms with E-state index in [-0.39, 0.29) is 12.1 Å². The first-order valence-electron chi connectivity index (χ1n) is 8.48. The van der Waals surface area contributed by atoms with Gasteiger partial charge in [0.25, 0.3) is 11.8 Å². The third-order valence-electron chi connectivity index (χ3n) is 4.19. The Labute approximate surface area is 161 Å². The Bertz CT molecular complexity index is 823. The number of hydroxylamine groups is 2. The van der Waals surface area contributed by atoms with Gasteiger partial charge < -0.3 is 20.4 Å². The molecule has 0 spiro atoms. The van der Waals surface area contributed by atoms with Crippen LogP contribution >= 0.6 is 0 Å². The van der Waals surface area contributed by atoms with Crippen molar-refractivity contribution in [1.82, 2.24) is 16.3 Å². The number of methoxy groups -OCH3 is 1. The van der Waals surface area contributed by atoms with E-state index in [1.54, 1.807) is 37.4 Å². The van der Waals surface area contributed by atoms with Crippen LogP contribution in [-0.2, 0) is 11.3 Å². The van der Waals surface area contributed by atoms with E-state index < -0.39 is 24.0 Å². The molecule has 0 aromatic heterocycles. The predicted molar refractivity (Wildman–Crippen MR) is 99.9 cm³/mol. The lowest BCUT2D eigenvalue weighted by Crippen LogP contribution is -2.51. The molecule has 9 nitrogen and oxygen atoms in total. The van der Waals surface area contributed by atoms with Crippen molar-refractivity contribution in [3.8, 4) is 16.9 Å². The van der Waals surface area contributed by atoms with Gasteiger partial charge in [-0.3, -0.25) is 14.8 Å². The SMILES string of the molecule is COc1ccc(-c2ccc(C(=O)N[C@H](C(=O)NO)[C@@H](C)O)cc2)cc1CNO. The number of carbonyl (C=O) groups excluding carboxylic acids is 2. The Hall–Kier alpha value is -2.98. The van der Waals surface area contributed by atoms with Gasteiger partial charge >= 0.3 is 0 Å². The molecule has 0 fully saturated rings. The van der Waals surface area contributed by atoms with Crippen LogP contribution < -0.4 is 21.0 Å². The number of benzene rings is 2. The summed E-state index contributed by atoms with van der Waals surface area (Å²) in [5.74, 6) is -0.850. The summed E-state index contributed by atoms with van der Waals surface area (Å²) in [6, 6.07) is 10.8. The molecule has 2 amide bonds. The van der Waals surface area contributed by atoms with Crippen LogP contribution in [0.1, 0.15) is 22.8 Å². The molecule has 2 aromatic rings. The first-order valence-corrected chi connectivity index (χ1v) is 8.48. The highest BCUT2D eigenvalue weighted by atomic mass is 16.5. The van der Waals surface area contributed by atoms with Crippen LogP contribution in [-0.4, -0.2) is 46.6 Å². The summed E-state index contributed by atoms with van der Waals surface area (Å²) in [6.07, 6.45) is -1.19. The number of amides is 2. The summed E-state index contributed by atoms with van der Waals surface area (Å²) in [6.45, 7) is 1.54. The van der Waals surface area contributed by atoms with E-state index in [2.05, 4.69) is 10.8 Å². The van der Waals surface area contributed by atoms with Crippen molar-refractivity contribution in [3.05, 3.63) is 53.6 Å². The maximum absolute atomic E-state index is 12.3. The van der Waals surface area contributed by atoms with E-state index in [1.807, 2.05) is 12.1 Å². The third kappa shape index (κ3) is 5.05. The van der Waals surface area contributed by atoms with Crippen molar-refractivity contribution in [1.29, 1.82) is 0 Å². The lowest BCUT2D eigenvalue weighted by Gasteiger charge is -2.19. The summed E-state index contributed by atoms with van der Waals surface area (Å²) < 4.78 is 5.25. The second-order valence-electron chi connectivity index (χ2n) is 6.11. The van der Waals surface area contributed by atoms with Gasteiger partial charge in [0.1, 0.15) is 11.8 Å². The van der Waals surface area contributed by atoms with Crippen LogP contribution in [0.2, 0.25) is 0 Å². The fraction of sp³-hybridized carbons (Fsp3) is 0.263. The van der Waals surface area contributed by atoms with Crippen LogP contribution in [0.5, 0.6) is 5.75 Å². The smallest absolute Gasteiger partial charge is 0.268 e. The summed E-state index contributed by atoms with van der Waals surface area (Å²) >= 11 is 0. The van der Waals surface area contributed by atoms with E-state index in [0.717, 1.165) is 16.7 Å². The largest absolute Gasteiger partial charge is 0.496 e. The highest BCUT2D eigenvalue weighted by Gasteiger charge is 2.25. The highest BCUT2D eigenvalue weighted by Crippen LogP contribution is 2.27. The first-order chi connectivity index (χ1) is 13.4. The van der Waals surface area contributed by atoms with Crippen molar-refractivity contribution in [2.24, 2.45) is 0 Å². The van der Waals surface area contributed by atoms with Crippen molar-refractivity contribution in [2.45, 2.75) is 25.6 Å². The molecule has 0 radical (unpaired) electrons. The fourth-order valence-electron chi connectivity index (χ4n) is 2.69. The van der Waals surface area contributed by atoms with Gasteiger partial charge in [-0.1, -0.05) is 18.2 Å². The minimum Gasteiger partial charge on any atom is -0.496 e. The first kappa shape index (κ1) is 21.3. The van der Waals surface area contributed by atoms with Gasteiger partial charge in [-0.2, -0.15) is 0 Å². The van der Waals surface area contributed by atoms with E-state index in [0.29, 0.717) is 5.75 Å². The third-order valence-corrected chi connectivity index (χ3v) is 4.19. The standard InChI is InChI=1S/C19H23N3O6/c1-11(23)17(19(25)22-27)21-18(24)13-5-3-12(4-6-13)14-7-8-16(28-2)15(9-14)10-20-26/h3-9,11,17,20,23,26-27H,10H2,1-2H3,(H,21,24)(H,22,25)/t11-,17+/m1/s1. The minimum atomic E-state index is -1.28. The van der Waals surface area contributed by atoms with E-state index in [4.69, 9.17) is 15.2 Å². The second-order valence-corrected chi connectivity index (χ2v) is 6.11. The van der Waals surface area contributed by atoms with Crippen molar-refractivity contribution in [3.63, 3.8) is 0 Å². The van der Waals surface area contributed by atoms with Crippen LogP contribution in [0.3, 0.4) is 0 Å². The number of nitrogens with one attached hydrogen (secondary N) is 3. The van der Waals surface area contributed by atoms with Crippen LogP contribution in [0, 0.1) is 0 Å². The molecule has 0 saturated carbocycles. The van der Waals surface area contributed by atoms with Gasteiger partial charge in [0.2, 0.25) is 0 Å². The van der Waals surface area contributed by atoms with E-state index >= 15 is 0 Å². The van der Waals surface area contributed by atoms with Gasteiger partial charge in [-0.05, 0) is 42.3 Å². The van der Waals surface area contributed by atoms with Crippen LogP contribution in [0.15, 0.2) is 42.5 Å². The molecule has 0 bridgehead atoms. The molecule has 2 aromatic carbocycles. The number of ether oxygens (including phenoxy) is 1. The van der Waals surface area contributed by atoms with Gasteiger partial charge in [-0.15, -0.1) is 0 Å². The molecular formula is C19H23N3O6. The lowest BCUT2D eigenvalue weighted by atomic mass is 10.0. The van der Waals surface area contributed by atoms with E-state index in [1.165, 1.54) is 12.4 Å². The Kier molecular flexibility index (Phi) is 7.47. The molecule has 28 heavy (non-hydrogen) atoms. The average Bonchev–Trinajstić information content (AvgIpc) is 2.71. The van der Waals surface area contributed by atoms with Gasteiger partial charge in [0.05, 0.1) is 13.2 Å². The quantitative estimate of drug-likeness (QED) is 0.290. The molecule has 0 heterocycles. The van der Waals surface area contributed by atoms with Gasteiger partial charge in [0.15, 0.2) is 0 Å². The monoisotopic (exact) mass is 389 g/mol. The summed E-state index contributed by atoms with van der Waals surface area (Å²) in [5.41, 5.74) is 6.25. The topological polar surface area (TPSA) is 140 Å². The summed E-state index contributed by atoms with van der Waals surface area (Å²) in [5, 5.41) is 29.6. The number of rotatable bonds is 8. The van der Waals surface area contributed by atoms with Crippen molar-refractivity contribution >= 4 is 11.8 Å². The number of hydrogen-bond acceptors (Lipinski definition) is 7. The molecule has 0 aliphatic heterocycles. The highest BCUT2D eigenvalue weighted by molar-refractivity contribution is 5.97. The molecule has 9 heteroatoms. The van der Waals surface area contributed by atoms with Gasteiger partial charge in [0, 0.05) is 17.7 Å². The van der Waals surface area contributed by atoms with E-state index in [9.17, 15) is 14.7 Å². The Morgan fingerprint density at radius 1 is 1.07 bits per heavy atom. The molecule has 0 aliphatic rings. The zero-order valence-electron chi connectivity index (χ0n) is 15.5. The van der Waals surface area contributed by atoms with Crippen LogP contribution in [0.4, 0.5) is 0 Å². The molecular weight excluding hydrogens is 366 g/mol. The number of hydrogen-bond donors (Lipinski definition) is 6. The van der Waals surface area contributed by atoms with Crippen molar-refractivity contribution < 1.29 is 29.8 Å². The Balaban J connectivity index is 2.20. The molecule has 150 valence electrons. The Morgan fingerprint density at radius 2 is 1.71 bits per heavy atom. The number of carbonyl (C=O) groups is 2. The zero-order chi connectivity index (χ0) is 20.7. The number of aliphatic hydroxyl groups is 1. The Morgan fingerprint density at radius 3 is 2.25 bits per heavy atom. The number of aliphatic hydroxyl groups excluding tert-OH is 1.